The summed E-state index contributed by atoms with van der Waals surface area (Å²) in [7, 11) is 0. The van der Waals surface area contributed by atoms with Crippen molar-refractivity contribution in [2.24, 2.45) is 0 Å². The van der Waals surface area contributed by atoms with Gasteiger partial charge in [0.15, 0.2) is 0 Å². The topological polar surface area (TPSA) is 29.3 Å². The van der Waals surface area contributed by atoms with Gasteiger partial charge in [-0.25, -0.2) is 0 Å². The molecule has 2 heteroatoms. The molecule has 2 nitrogen and oxygen atoms in total. The van der Waals surface area contributed by atoms with E-state index >= 15 is 0 Å². The molecule has 154 valence electrons. The van der Waals surface area contributed by atoms with Crippen molar-refractivity contribution in [3.05, 3.63) is 108 Å². The SMILES string of the molecule is Cc1ccc(N(c2ccc(C)cc2)c2ccc3ccc4c(N)ccc5ccc2c3c54)cc1. The summed E-state index contributed by atoms with van der Waals surface area (Å²) < 4.78 is 0. The zero-order valence-corrected chi connectivity index (χ0v) is 18.3. The highest BCUT2D eigenvalue weighted by Crippen LogP contribution is 2.44. The van der Waals surface area contributed by atoms with Crippen LogP contribution in [-0.2, 0) is 0 Å². The van der Waals surface area contributed by atoms with Crippen LogP contribution in [0.5, 0.6) is 0 Å². The first-order chi connectivity index (χ1) is 15.6. The van der Waals surface area contributed by atoms with E-state index in [2.05, 4.69) is 110 Å². The molecule has 0 spiro atoms. The van der Waals surface area contributed by atoms with Crippen molar-refractivity contribution in [2.75, 3.05) is 10.6 Å². The van der Waals surface area contributed by atoms with Gasteiger partial charge in [-0.15, -0.1) is 0 Å². The van der Waals surface area contributed by atoms with Crippen LogP contribution in [-0.4, -0.2) is 0 Å². The third-order valence-electron chi connectivity index (χ3n) is 6.50. The molecule has 0 amide bonds. The van der Waals surface area contributed by atoms with Crippen LogP contribution in [0.1, 0.15) is 11.1 Å². The second-order valence-corrected chi connectivity index (χ2v) is 8.67. The Morgan fingerprint density at radius 3 is 1.56 bits per heavy atom. The van der Waals surface area contributed by atoms with E-state index in [-0.39, 0.29) is 0 Å². The molecule has 0 aromatic heterocycles. The smallest absolute Gasteiger partial charge is 0.0540 e. The van der Waals surface area contributed by atoms with E-state index in [9.17, 15) is 0 Å². The molecule has 0 aliphatic carbocycles. The molecule has 0 heterocycles. The molecular formula is C30H24N2. The minimum absolute atomic E-state index is 0.825. The average Bonchev–Trinajstić information content (AvgIpc) is 2.82. The summed E-state index contributed by atoms with van der Waals surface area (Å²) in [6.07, 6.45) is 0. The Labute approximate surface area is 187 Å². The maximum Gasteiger partial charge on any atom is 0.0540 e. The zero-order valence-electron chi connectivity index (χ0n) is 18.3. The number of nitrogen functional groups attached to an aromatic ring is 1. The van der Waals surface area contributed by atoms with Gasteiger partial charge in [-0.3, -0.25) is 0 Å². The monoisotopic (exact) mass is 412 g/mol. The van der Waals surface area contributed by atoms with E-state index in [1.54, 1.807) is 0 Å². The highest BCUT2D eigenvalue weighted by molar-refractivity contribution is 6.27. The van der Waals surface area contributed by atoms with Gasteiger partial charge < -0.3 is 10.6 Å². The van der Waals surface area contributed by atoms with E-state index in [1.165, 1.54) is 43.7 Å². The zero-order chi connectivity index (χ0) is 21.8. The summed E-state index contributed by atoms with van der Waals surface area (Å²) in [4.78, 5) is 2.36. The molecule has 0 radical (unpaired) electrons. The number of aryl methyl sites for hydroxylation is 2. The van der Waals surface area contributed by atoms with Crippen LogP contribution < -0.4 is 10.6 Å². The van der Waals surface area contributed by atoms with E-state index < -0.39 is 0 Å². The number of nitrogens with two attached hydrogens (primary N) is 1. The molecule has 0 atom stereocenters. The van der Waals surface area contributed by atoms with Gasteiger partial charge in [0.2, 0.25) is 0 Å². The maximum absolute atomic E-state index is 6.36. The Morgan fingerprint density at radius 2 is 0.969 bits per heavy atom. The highest BCUT2D eigenvalue weighted by Gasteiger charge is 2.18. The lowest BCUT2D eigenvalue weighted by Crippen LogP contribution is -2.10. The minimum Gasteiger partial charge on any atom is -0.398 e. The molecule has 0 aliphatic rings. The van der Waals surface area contributed by atoms with Crippen LogP contribution in [0.2, 0.25) is 0 Å². The summed E-state index contributed by atoms with van der Waals surface area (Å²) >= 11 is 0. The van der Waals surface area contributed by atoms with Crippen LogP contribution >= 0.6 is 0 Å². The molecule has 0 aliphatic heterocycles. The normalized spacial score (nSPS) is 11.6. The van der Waals surface area contributed by atoms with Gasteiger partial charge in [0.1, 0.15) is 0 Å². The van der Waals surface area contributed by atoms with Gasteiger partial charge in [0.25, 0.3) is 0 Å². The lowest BCUT2D eigenvalue weighted by molar-refractivity contribution is 1.28. The molecule has 32 heavy (non-hydrogen) atoms. The molecule has 6 rings (SSSR count). The Balaban J connectivity index is 1.70. The Morgan fingerprint density at radius 1 is 0.500 bits per heavy atom. The fourth-order valence-corrected chi connectivity index (χ4v) is 4.82. The second kappa shape index (κ2) is 7.00. The predicted molar refractivity (Wildman–Crippen MR) is 139 cm³/mol. The fraction of sp³-hybridized carbons (Fsp3) is 0.0667. The predicted octanol–water partition coefficient (Wildman–Crippen LogP) is 8.25. The molecule has 0 fully saturated rings. The van der Waals surface area contributed by atoms with E-state index in [0.29, 0.717) is 0 Å². The van der Waals surface area contributed by atoms with Gasteiger partial charge in [-0.2, -0.15) is 0 Å². The summed E-state index contributed by atoms with van der Waals surface area (Å²) in [5.74, 6) is 0. The molecular weight excluding hydrogens is 388 g/mol. The third kappa shape index (κ3) is 2.80. The number of hydrogen-bond donors (Lipinski definition) is 1. The highest BCUT2D eigenvalue weighted by atomic mass is 15.1. The number of rotatable bonds is 3. The minimum atomic E-state index is 0.825. The lowest BCUT2D eigenvalue weighted by atomic mass is 9.92. The van der Waals surface area contributed by atoms with Gasteiger partial charge >= 0.3 is 0 Å². The van der Waals surface area contributed by atoms with Crippen molar-refractivity contribution < 1.29 is 0 Å². The van der Waals surface area contributed by atoms with Gasteiger partial charge in [0.05, 0.1) is 5.69 Å². The first-order valence-corrected chi connectivity index (χ1v) is 11.0. The van der Waals surface area contributed by atoms with Crippen LogP contribution in [0.25, 0.3) is 32.3 Å². The van der Waals surface area contributed by atoms with E-state index in [0.717, 1.165) is 22.4 Å². The summed E-state index contributed by atoms with van der Waals surface area (Å²) in [6, 6.07) is 34.9. The Kier molecular flexibility index (Phi) is 4.09. The van der Waals surface area contributed by atoms with Gasteiger partial charge in [-0.05, 0) is 71.8 Å². The molecule has 0 saturated carbocycles. The number of nitrogens with zero attached hydrogens (tertiary/aromatic N) is 1. The van der Waals surface area contributed by atoms with Crippen LogP contribution in [0.3, 0.4) is 0 Å². The Hall–Kier alpha value is -4.04. The van der Waals surface area contributed by atoms with Crippen molar-refractivity contribution >= 4 is 55.1 Å². The fourth-order valence-electron chi connectivity index (χ4n) is 4.82. The molecule has 0 saturated heterocycles. The average molecular weight is 413 g/mol. The van der Waals surface area contributed by atoms with Crippen molar-refractivity contribution in [1.82, 2.24) is 0 Å². The first-order valence-electron chi connectivity index (χ1n) is 11.0. The third-order valence-corrected chi connectivity index (χ3v) is 6.50. The number of hydrogen-bond acceptors (Lipinski definition) is 2. The summed E-state index contributed by atoms with van der Waals surface area (Å²) in [5.41, 5.74) is 13.2. The van der Waals surface area contributed by atoms with Gasteiger partial charge in [0, 0.05) is 27.8 Å². The van der Waals surface area contributed by atoms with E-state index in [4.69, 9.17) is 5.73 Å². The lowest BCUT2D eigenvalue weighted by Gasteiger charge is -2.28. The van der Waals surface area contributed by atoms with Crippen LogP contribution in [0, 0.1) is 13.8 Å². The molecule has 0 unspecified atom stereocenters. The first kappa shape index (κ1) is 18.7. The van der Waals surface area contributed by atoms with Crippen LogP contribution in [0.4, 0.5) is 22.7 Å². The quantitative estimate of drug-likeness (QED) is 0.234. The van der Waals surface area contributed by atoms with Gasteiger partial charge in [-0.1, -0.05) is 71.8 Å². The van der Waals surface area contributed by atoms with Crippen molar-refractivity contribution in [3.63, 3.8) is 0 Å². The number of benzene rings is 6. The largest absolute Gasteiger partial charge is 0.398 e. The Bertz CT molecular complexity index is 1530. The molecule has 6 aromatic carbocycles. The summed E-state index contributed by atoms with van der Waals surface area (Å²) in [6.45, 7) is 4.25. The molecule has 2 N–H and O–H groups in total. The summed E-state index contributed by atoms with van der Waals surface area (Å²) in [5, 5.41) is 7.33. The molecule has 0 bridgehead atoms. The van der Waals surface area contributed by atoms with Crippen molar-refractivity contribution in [1.29, 1.82) is 0 Å². The number of anilines is 4. The van der Waals surface area contributed by atoms with Crippen LogP contribution in [0.15, 0.2) is 97.1 Å². The van der Waals surface area contributed by atoms with E-state index in [1.807, 2.05) is 6.07 Å². The van der Waals surface area contributed by atoms with Crippen molar-refractivity contribution in [2.45, 2.75) is 13.8 Å². The maximum atomic E-state index is 6.36. The van der Waals surface area contributed by atoms with Crippen molar-refractivity contribution in [3.8, 4) is 0 Å². The second-order valence-electron chi connectivity index (χ2n) is 8.67. The molecule has 6 aromatic rings. The standard InChI is InChI=1S/C30H24N2/c1-19-3-11-23(12-4-19)32(24-13-5-20(2)6-14-24)28-18-10-22-7-15-25-27(31)17-9-21-8-16-26(28)30(22)29(21)25/h3-18H,31H2,1-2H3.